The molecule has 0 bridgehead atoms. The molecular weight excluding hydrogens is 264 g/mol. The van der Waals surface area contributed by atoms with Gasteiger partial charge in [-0.3, -0.25) is 19.7 Å². The summed E-state index contributed by atoms with van der Waals surface area (Å²) in [5.74, 6) is -1.03. The number of carbonyl (C=O) groups is 2. The number of nitro benzene ring substituents is 1. The minimum atomic E-state index is -0.760. The van der Waals surface area contributed by atoms with Crippen molar-refractivity contribution in [3.8, 4) is 0 Å². The van der Waals surface area contributed by atoms with Gasteiger partial charge in [0.25, 0.3) is 11.6 Å². The number of nitrogens with zero attached hydrogens (tertiary/aromatic N) is 1. The molecule has 0 aliphatic carbocycles. The second-order valence-electron chi connectivity index (χ2n) is 4.12. The summed E-state index contributed by atoms with van der Waals surface area (Å²) >= 11 is 0. The van der Waals surface area contributed by atoms with Crippen molar-refractivity contribution in [3.63, 3.8) is 0 Å². The molecule has 1 atom stereocenters. The SMILES string of the molecule is CCNC(=O)c1ccc(NC(C)C(N)=O)c([N+](=O)[O-])c1. The highest BCUT2D eigenvalue weighted by Crippen LogP contribution is 2.26. The second-order valence-corrected chi connectivity index (χ2v) is 4.12. The van der Waals surface area contributed by atoms with E-state index in [1.807, 2.05) is 0 Å². The van der Waals surface area contributed by atoms with Gasteiger partial charge in [0.15, 0.2) is 0 Å². The molecule has 8 nitrogen and oxygen atoms in total. The van der Waals surface area contributed by atoms with Gasteiger partial charge in [-0.25, -0.2) is 0 Å². The van der Waals surface area contributed by atoms with Gasteiger partial charge >= 0.3 is 0 Å². The molecule has 0 saturated heterocycles. The van der Waals surface area contributed by atoms with Crippen LogP contribution < -0.4 is 16.4 Å². The van der Waals surface area contributed by atoms with Crippen LogP contribution in [0.2, 0.25) is 0 Å². The fourth-order valence-corrected chi connectivity index (χ4v) is 1.51. The van der Waals surface area contributed by atoms with Gasteiger partial charge in [0.2, 0.25) is 5.91 Å². The summed E-state index contributed by atoms with van der Waals surface area (Å²) in [6.07, 6.45) is 0. The Morgan fingerprint density at radius 1 is 1.45 bits per heavy atom. The fourth-order valence-electron chi connectivity index (χ4n) is 1.51. The third-order valence-corrected chi connectivity index (χ3v) is 2.59. The average Bonchev–Trinajstić information content (AvgIpc) is 2.38. The highest BCUT2D eigenvalue weighted by molar-refractivity contribution is 5.96. The molecule has 0 heterocycles. The van der Waals surface area contributed by atoms with Crippen LogP contribution in [0.25, 0.3) is 0 Å². The number of hydrogen-bond acceptors (Lipinski definition) is 5. The first-order valence-corrected chi connectivity index (χ1v) is 5.99. The van der Waals surface area contributed by atoms with Gasteiger partial charge in [0.1, 0.15) is 11.7 Å². The Balaban J connectivity index is 3.11. The van der Waals surface area contributed by atoms with E-state index in [9.17, 15) is 19.7 Å². The van der Waals surface area contributed by atoms with Crippen molar-refractivity contribution in [1.29, 1.82) is 0 Å². The van der Waals surface area contributed by atoms with Gasteiger partial charge in [-0.1, -0.05) is 0 Å². The van der Waals surface area contributed by atoms with Gasteiger partial charge in [-0.2, -0.15) is 0 Å². The van der Waals surface area contributed by atoms with Gasteiger partial charge in [0, 0.05) is 18.2 Å². The first-order valence-electron chi connectivity index (χ1n) is 5.99. The lowest BCUT2D eigenvalue weighted by atomic mass is 10.1. The molecular formula is C12H16N4O4. The Labute approximate surface area is 115 Å². The number of carbonyl (C=O) groups excluding carboxylic acids is 2. The highest BCUT2D eigenvalue weighted by atomic mass is 16.6. The van der Waals surface area contributed by atoms with Crippen LogP contribution in [0.15, 0.2) is 18.2 Å². The van der Waals surface area contributed by atoms with Crippen molar-refractivity contribution in [2.75, 3.05) is 11.9 Å². The summed E-state index contributed by atoms with van der Waals surface area (Å²) in [6, 6.07) is 3.21. The van der Waals surface area contributed by atoms with Gasteiger partial charge in [-0.05, 0) is 26.0 Å². The maximum Gasteiger partial charge on any atom is 0.293 e. The molecule has 1 aromatic rings. The molecule has 1 aromatic carbocycles. The van der Waals surface area contributed by atoms with Gasteiger partial charge in [-0.15, -0.1) is 0 Å². The number of benzene rings is 1. The molecule has 0 aliphatic heterocycles. The Hall–Kier alpha value is -2.64. The molecule has 1 unspecified atom stereocenters. The van der Waals surface area contributed by atoms with E-state index in [4.69, 9.17) is 5.73 Å². The maximum atomic E-state index is 11.6. The fraction of sp³-hybridized carbons (Fsp3) is 0.333. The lowest BCUT2D eigenvalue weighted by molar-refractivity contribution is -0.384. The standard InChI is InChI=1S/C12H16N4O4/c1-3-14-12(18)8-4-5-9(10(6-8)16(19)20)15-7(2)11(13)17/h4-7,15H,3H2,1-2H3,(H2,13,17)(H,14,18). The number of nitro groups is 1. The molecule has 8 heteroatoms. The Morgan fingerprint density at radius 2 is 2.10 bits per heavy atom. The molecule has 0 saturated carbocycles. The van der Waals surface area contributed by atoms with E-state index < -0.39 is 22.8 Å². The summed E-state index contributed by atoms with van der Waals surface area (Å²) in [5, 5.41) is 16.2. The lowest BCUT2D eigenvalue weighted by Gasteiger charge is -2.12. The summed E-state index contributed by atoms with van der Waals surface area (Å²) in [7, 11) is 0. The molecule has 1 rings (SSSR count). The Morgan fingerprint density at radius 3 is 2.60 bits per heavy atom. The Bertz CT molecular complexity index is 544. The van der Waals surface area contributed by atoms with E-state index in [0.29, 0.717) is 6.54 Å². The van der Waals surface area contributed by atoms with E-state index >= 15 is 0 Å². The number of nitrogens with two attached hydrogens (primary N) is 1. The zero-order valence-corrected chi connectivity index (χ0v) is 11.2. The van der Waals surface area contributed by atoms with Crippen LogP contribution in [0.4, 0.5) is 11.4 Å². The largest absolute Gasteiger partial charge is 0.368 e. The number of nitrogens with one attached hydrogen (secondary N) is 2. The number of primary amides is 1. The van der Waals surface area contributed by atoms with Crippen LogP contribution in [-0.2, 0) is 4.79 Å². The minimum absolute atomic E-state index is 0.134. The third-order valence-electron chi connectivity index (χ3n) is 2.59. The van der Waals surface area contributed by atoms with Crippen LogP contribution in [0.5, 0.6) is 0 Å². The molecule has 2 amide bonds. The predicted octanol–water partition coefficient (Wildman–Crippen LogP) is 0.630. The van der Waals surface area contributed by atoms with E-state index in [-0.39, 0.29) is 16.9 Å². The monoisotopic (exact) mass is 280 g/mol. The second kappa shape index (κ2) is 6.50. The smallest absolute Gasteiger partial charge is 0.293 e. The lowest BCUT2D eigenvalue weighted by Crippen LogP contribution is -2.32. The first-order chi connectivity index (χ1) is 9.36. The van der Waals surface area contributed by atoms with Crippen molar-refractivity contribution >= 4 is 23.2 Å². The number of anilines is 1. The van der Waals surface area contributed by atoms with Gasteiger partial charge in [0.05, 0.1) is 4.92 Å². The summed E-state index contributed by atoms with van der Waals surface area (Å²) in [4.78, 5) is 33.0. The number of hydrogen-bond donors (Lipinski definition) is 3. The average molecular weight is 280 g/mol. The number of amides is 2. The van der Waals surface area contributed by atoms with E-state index in [0.717, 1.165) is 6.07 Å². The third kappa shape index (κ3) is 3.67. The zero-order chi connectivity index (χ0) is 15.3. The van der Waals surface area contributed by atoms with Crippen LogP contribution in [0, 0.1) is 10.1 Å². The van der Waals surface area contributed by atoms with Crippen LogP contribution in [0.1, 0.15) is 24.2 Å². The first kappa shape index (κ1) is 15.4. The quantitative estimate of drug-likeness (QED) is 0.520. The van der Waals surface area contributed by atoms with Crippen molar-refractivity contribution in [2.45, 2.75) is 19.9 Å². The molecule has 20 heavy (non-hydrogen) atoms. The summed E-state index contributed by atoms with van der Waals surface area (Å²) < 4.78 is 0. The van der Waals surface area contributed by atoms with E-state index in [2.05, 4.69) is 10.6 Å². The highest BCUT2D eigenvalue weighted by Gasteiger charge is 2.20. The van der Waals surface area contributed by atoms with Crippen LogP contribution in [0.3, 0.4) is 0 Å². The van der Waals surface area contributed by atoms with Crippen molar-refractivity contribution in [2.24, 2.45) is 5.73 Å². The summed E-state index contributed by atoms with van der Waals surface area (Å²) in [6.45, 7) is 3.66. The summed E-state index contributed by atoms with van der Waals surface area (Å²) in [5.41, 5.74) is 5.11. The zero-order valence-electron chi connectivity index (χ0n) is 11.2. The van der Waals surface area contributed by atoms with Crippen molar-refractivity contribution < 1.29 is 14.5 Å². The van der Waals surface area contributed by atoms with E-state index in [1.54, 1.807) is 6.92 Å². The molecule has 0 radical (unpaired) electrons. The molecule has 0 aromatic heterocycles. The van der Waals surface area contributed by atoms with Crippen LogP contribution >= 0.6 is 0 Å². The Kier molecular flexibility index (Phi) is 5.01. The predicted molar refractivity (Wildman–Crippen MR) is 73.4 cm³/mol. The molecule has 0 aliphatic rings. The molecule has 4 N–H and O–H groups in total. The van der Waals surface area contributed by atoms with E-state index in [1.165, 1.54) is 19.1 Å². The number of rotatable bonds is 6. The minimum Gasteiger partial charge on any atom is -0.368 e. The maximum absolute atomic E-state index is 11.6. The van der Waals surface area contributed by atoms with Crippen LogP contribution in [-0.4, -0.2) is 29.3 Å². The topological polar surface area (TPSA) is 127 Å². The molecule has 0 fully saturated rings. The normalized spacial score (nSPS) is 11.5. The molecule has 108 valence electrons. The van der Waals surface area contributed by atoms with Crippen molar-refractivity contribution in [1.82, 2.24) is 5.32 Å². The molecule has 0 spiro atoms. The van der Waals surface area contributed by atoms with Gasteiger partial charge < -0.3 is 16.4 Å². The van der Waals surface area contributed by atoms with Crippen molar-refractivity contribution in [3.05, 3.63) is 33.9 Å².